The van der Waals surface area contributed by atoms with Gasteiger partial charge in [-0.05, 0) is 36.8 Å². The second-order valence-corrected chi connectivity index (χ2v) is 6.10. The molecule has 3 heterocycles. The van der Waals surface area contributed by atoms with Crippen LogP contribution in [0.2, 0.25) is 5.15 Å². The van der Waals surface area contributed by atoms with Gasteiger partial charge in [-0.15, -0.1) is 0 Å². The van der Waals surface area contributed by atoms with E-state index in [1.165, 1.54) is 0 Å². The van der Waals surface area contributed by atoms with Crippen LogP contribution in [0.3, 0.4) is 0 Å². The standard InChI is InChI=1S/C17H19ClN4O2/c1-10-8-20-9-15(24-10)12-6-13(22-16(18)7-12)11-3-4-21-14(5-11)17(23)19-2/h3-7,10,15,20H,8-9H2,1-2H3,(H,19,23)/t10-,15+/m0/s1. The van der Waals surface area contributed by atoms with Gasteiger partial charge >= 0.3 is 0 Å². The Bertz CT molecular complexity index is 753. The molecule has 126 valence electrons. The molecule has 1 aliphatic heterocycles. The number of aromatic nitrogens is 2. The van der Waals surface area contributed by atoms with Gasteiger partial charge in [0.1, 0.15) is 10.8 Å². The van der Waals surface area contributed by atoms with Gasteiger partial charge in [-0.25, -0.2) is 4.98 Å². The molecule has 1 amide bonds. The Balaban J connectivity index is 1.95. The number of carbonyl (C=O) groups excluding carboxylic acids is 1. The van der Waals surface area contributed by atoms with Gasteiger partial charge in [-0.1, -0.05) is 11.6 Å². The van der Waals surface area contributed by atoms with Gasteiger partial charge < -0.3 is 15.4 Å². The van der Waals surface area contributed by atoms with Gasteiger partial charge in [-0.2, -0.15) is 0 Å². The van der Waals surface area contributed by atoms with Gasteiger partial charge in [0.2, 0.25) is 0 Å². The van der Waals surface area contributed by atoms with E-state index in [4.69, 9.17) is 16.3 Å². The fraction of sp³-hybridized carbons (Fsp3) is 0.353. The number of nitrogens with zero attached hydrogens (tertiary/aromatic N) is 2. The summed E-state index contributed by atoms with van der Waals surface area (Å²) in [5.74, 6) is -0.243. The molecule has 0 aromatic carbocycles. The Morgan fingerprint density at radius 1 is 1.38 bits per heavy atom. The van der Waals surface area contributed by atoms with Crippen molar-refractivity contribution in [3.8, 4) is 11.3 Å². The van der Waals surface area contributed by atoms with Crippen molar-refractivity contribution in [2.24, 2.45) is 0 Å². The molecule has 0 unspecified atom stereocenters. The quantitative estimate of drug-likeness (QED) is 0.833. The summed E-state index contributed by atoms with van der Waals surface area (Å²) in [6.45, 7) is 3.59. The van der Waals surface area contributed by atoms with Crippen molar-refractivity contribution in [3.63, 3.8) is 0 Å². The summed E-state index contributed by atoms with van der Waals surface area (Å²) < 4.78 is 5.97. The van der Waals surface area contributed by atoms with Crippen LogP contribution in [-0.2, 0) is 4.74 Å². The number of rotatable bonds is 3. The highest BCUT2D eigenvalue weighted by Gasteiger charge is 2.21. The van der Waals surface area contributed by atoms with Crippen LogP contribution in [0.4, 0.5) is 0 Å². The minimum atomic E-state index is -0.243. The third-order valence-electron chi connectivity index (χ3n) is 3.86. The largest absolute Gasteiger partial charge is 0.368 e. The zero-order valence-corrected chi connectivity index (χ0v) is 14.3. The maximum absolute atomic E-state index is 11.8. The summed E-state index contributed by atoms with van der Waals surface area (Å²) in [4.78, 5) is 20.2. The van der Waals surface area contributed by atoms with E-state index in [1.54, 1.807) is 25.4 Å². The molecule has 2 atom stereocenters. The first-order chi connectivity index (χ1) is 11.6. The first kappa shape index (κ1) is 16.8. The average Bonchev–Trinajstić information content (AvgIpc) is 2.60. The van der Waals surface area contributed by atoms with Gasteiger partial charge in [-0.3, -0.25) is 9.78 Å². The lowest BCUT2D eigenvalue weighted by Gasteiger charge is -2.29. The third kappa shape index (κ3) is 3.72. The average molecular weight is 347 g/mol. The molecule has 1 aliphatic rings. The van der Waals surface area contributed by atoms with Gasteiger partial charge in [0, 0.05) is 31.9 Å². The zero-order valence-electron chi connectivity index (χ0n) is 13.5. The van der Waals surface area contributed by atoms with Crippen LogP contribution in [0.1, 0.15) is 29.1 Å². The van der Waals surface area contributed by atoms with E-state index < -0.39 is 0 Å². The molecule has 24 heavy (non-hydrogen) atoms. The first-order valence-electron chi connectivity index (χ1n) is 7.79. The van der Waals surface area contributed by atoms with E-state index in [-0.39, 0.29) is 18.1 Å². The molecule has 2 N–H and O–H groups in total. The molecule has 6 nitrogen and oxygen atoms in total. The predicted octanol–water partition coefficient (Wildman–Crippen LogP) is 2.21. The number of ether oxygens (including phenoxy) is 1. The summed E-state index contributed by atoms with van der Waals surface area (Å²) in [6.07, 6.45) is 1.65. The Morgan fingerprint density at radius 2 is 2.21 bits per heavy atom. The lowest BCUT2D eigenvalue weighted by atomic mass is 10.0. The minimum absolute atomic E-state index is 0.0757. The van der Waals surface area contributed by atoms with E-state index in [9.17, 15) is 4.79 Å². The molecular formula is C17H19ClN4O2. The van der Waals surface area contributed by atoms with Crippen LogP contribution >= 0.6 is 11.6 Å². The molecular weight excluding hydrogens is 328 g/mol. The topological polar surface area (TPSA) is 76.1 Å². The number of hydrogen-bond acceptors (Lipinski definition) is 5. The Morgan fingerprint density at radius 3 is 2.96 bits per heavy atom. The van der Waals surface area contributed by atoms with Crippen LogP contribution in [0, 0.1) is 0 Å². The Labute approximate surface area is 145 Å². The maximum Gasteiger partial charge on any atom is 0.269 e. The van der Waals surface area contributed by atoms with Crippen molar-refractivity contribution in [3.05, 3.63) is 46.9 Å². The lowest BCUT2D eigenvalue weighted by molar-refractivity contribution is -0.0287. The summed E-state index contributed by atoms with van der Waals surface area (Å²) in [5, 5.41) is 6.30. The number of pyridine rings is 2. The van der Waals surface area contributed by atoms with Crippen LogP contribution in [0.5, 0.6) is 0 Å². The molecule has 2 aromatic rings. The number of amides is 1. The van der Waals surface area contributed by atoms with E-state index >= 15 is 0 Å². The second-order valence-electron chi connectivity index (χ2n) is 5.71. The Hall–Kier alpha value is -2.02. The highest BCUT2D eigenvalue weighted by Crippen LogP contribution is 2.28. The highest BCUT2D eigenvalue weighted by atomic mass is 35.5. The number of carbonyl (C=O) groups is 1. The van der Waals surface area contributed by atoms with Crippen molar-refractivity contribution in [1.82, 2.24) is 20.6 Å². The van der Waals surface area contributed by atoms with E-state index in [2.05, 4.69) is 20.6 Å². The van der Waals surface area contributed by atoms with Crippen LogP contribution in [-0.4, -0.2) is 42.1 Å². The smallest absolute Gasteiger partial charge is 0.269 e. The second kappa shape index (κ2) is 7.25. The molecule has 0 spiro atoms. The van der Waals surface area contributed by atoms with Crippen molar-refractivity contribution in [2.45, 2.75) is 19.1 Å². The zero-order chi connectivity index (χ0) is 17.1. The molecule has 3 rings (SSSR count). The predicted molar refractivity (Wildman–Crippen MR) is 92.0 cm³/mol. The summed E-state index contributed by atoms with van der Waals surface area (Å²) in [7, 11) is 1.57. The van der Waals surface area contributed by atoms with E-state index in [1.807, 2.05) is 19.1 Å². The summed E-state index contributed by atoms with van der Waals surface area (Å²) >= 11 is 6.20. The van der Waals surface area contributed by atoms with E-state index in [0.717, 1.165) is 24.2 Å². The monoisotopic (exact) mass is 346 g/mol. The molecule has 0 saturated carbocycles. The molecule has 0 bridgehead atoms. The Kier molecular flexibility index (Phi) is 5.08. The summed E-state index contributed by atoms with van der Waals surface area (Å²) in [5.41, 5.74) is 2.76. The molecule has 0 aliphatic carbocycles. The van der Waals surface area contributed by atoms with Gasteiger partial charge in [0.05, 0.1) is 17.9 Å². The number of hydrogen-bond donors (Lipinski definition) is 2. The number of halogens is 1. The van der Waals surface area contributed by atoms with Crippen molar-refractivity contribution < 1.29 is 9.53 Å². The van der Waals surface area contributed by atoms with Crippen molar-refractivity contribution >= 4 is 17.5 Å². The first-order valence-corrected chi connectivity index (χ1v) is 8.17. The van der Waals surface area contributed by atoms with Crippen LogP contribution in [0.15, 0.2) is 30.5 Å². The molecule has 0 radical (unpaired) electrons. The molecule has 1 saturated heterocycles. The van der Waals surface area contributed by atoms with Crippen molar-refractivity contribution in [1.29, 1.82) is 0 Å². The third-order valence-corrected chi connectivity index (χ3v) is 4.06. The number of nitrogens with one attached hydrogen (secondary N) is 2. The lowest BCUT2D eigenvalue weighted by Crippen LogP contribution is -2.38. The van der Waals surface area contributed by atoms with Gasteiger partial charge in [0.15, 0.2) is 0 Å². The maximum atomic E-state index is 11.8. The number of morpholine rings is 1. The van der Waals surface area contributed by atoms with Crippen LogP contribution < -0.4 is 10.6 Å². The van der Waals surface area contributed by atoms with Crippen molar-refractivity contribution in [2.75, 3.05) is 20.1 Å². The van der Waals surface area contributed by atoms with Gasteiger partial charge in [0.25, 0.3) is 5.91 Å². The highest BCUT2D eigenvalue weighted by molar-refractivity contribution is 6.29. The SMILES string of the molecule is CNC(=O)c1cc(-c2cc([C@H]3CNC[C@H](C)O3)cc(Cl)n2)ccn1. The van der Waals surface area contributed by atoms with E-state index in [0.29, 0.717) is 16.5 Å². The summed E-state index contributed by atoms with van der Waals surface area (Å²) in [6, 6.07) is 7.26. The molecule has 1 fully saturated rings. The fourth-order valence-corrected chi connectivity index (χ4v) is 2.90. The minimum Gasteiger partial charge on any atom is -0.368 e. The molecule has 7 heteroatoms. The fourth-order valence-electron chi connectivity index (χ4n) is 2.68. The van der Waals surface area contributed by atoms with Crippen LogP contribution in [0.25, 0.3) is 11.3 Å². The molecule has 2 aromatic heterocycles. The normalized spacial score (nSPS) is 20.6.